The summed E-state index contributed by atoms with van der Waals surface area (Å²) < 4.78 is 7.36. The van der Waals surface area contributed by atoms with Crippen molar-refractivity contribution in [2.75, 3.05) is 12.3 Å². The average molecular weight is 365 g/mol. The summed E-state index contributed by atoms with van der Waals surface area (Å²) in [5.74, 6) is -0.0842. The molecule has 1 atom stereocenters. The lowest BCUT2D eigenvalue weighted by molar-refractivity contribution is 0.0821. The zero-order valence-corrected chi connectivity index (χ0v) is 15.4. The molecule has 0 aliphatic heterocycles. The lowest BCUT2D eigenvalue weighted by Crippen LogP contribution is -2.36. The Morgan fingerprint density at radius 2 is 2.04 bits per heavy atom. The van der Waals surface area contributed by atoms with Gasteiger partial charge in [0.05, 0.1) is 25.0 Å². The number of hydrogen-bond acceptors (Lipinski definition) is 5. The largest absolute Gasteiger partial charge is 0.383 e. The summed E-state index contributed by atoms with van der Waals surface area (Å²) in [6.07, 6.45) is 5.21. The van der Waals surface area contributed by atoms with Gasteiger partial charge in [-0.25, -0.2) is 4.98 Å². The summed E-state index contributed by atoms with van der Waals surface area (Å²) in [5.41, 5.74) is 8.99. The molecule has 7 nitrogen and oxygen atoms in total. The van der Waals surface area contributed by atoms with Crippen LogP contribution in [0.3, 0.4) is 0 Å². The Bertz CT molecular complexity index is 908. The Kier molecular flexibility index (Phi) is 5.83. The number of nitrogens with one attached hydrogen (secondary N) is 1. The predicted octanol–water partition coefficient (Wildman–Crippen LogP) is 2.40. The lowest BCUT2D eigenvalue weighted by atomic mass is 10.1. The molecule has 7 heteroatoms. The first-order valence-electron chi connectivity index (χ1n) is 8.70. The molecule has 0 saturated carbocycles. The fourth-order valence-corrected chi connectivity index (χ4v) is 2.66. The molecule has 0 spiro atoms. The Morgan fingerprint density at radius 1 is 1.26 bits per heavy atom. The van der Waals surface area contributed by atoms with Crippen LogP contribution in [0.5, 0.6) is 0 Å². The summed E-state index contributed by atoms with van der Waals surface area (Å²) in [5, 5.41) is 7.04. The van der Waals surface area contributed by atoms with Crippen LogP contribution in [0.1, 0.15) is 22.8 Å². The van der Waals surface area contributed by atoms with E-state index >= 15 is 0 Å². The Morgan fingerprint density at radius 3 is 2.74 bits per heavy atom. The molecule has 2 aromatic heterocycles. The summed E-state index contributed by atoms with van der Waals surface area (Å²) in [6.45, 7) is 2.79. The molecular weight excluding hydrogens is 342 g/mol. The van der Waals surface area contributed by atoms with Gasteiger partial charge in [-0.3, -0.25) is 9.48 Å². The number of pyridine rings is 1. The first kappa shape index (κ1) is 18.6. The fraction of sp³-hybridized carbons (Fsp3) is 0.250. The lowest BCUT2D eigenvalue weighted by Gasteiger charge is -2.15. The molecule has 0 unspecified atom stereocenters. The van der Waals surface area contributed by atoms with Crippen molar-refractivity contribution in [3.05, 3.63) is 66.1 Å². The highest BCUT2D eigenvalue weighted by atomic mass is 16.5. The van der Waals surface area contributed by atoms with Crippen molar-refractivity contribution in [1.29, 1.82) is 0 Å². The van der Waals surface area contributed by atoms with Crippen LogP contribution in [0.4, 0.5) is 5.82 Å². The number of nitrogens with zero attached hydrogens (tertiary/aromatic N) is 3. The molecule has 0 radical (unpaired) electrons. The summed E-state index contributed by atoms with van der Waals surface area (Å²) in [7, 11) is 1.83. The van der Waals surface area contributed by atoms with Crippen LogP contribution >= 0.6 is 0 Å². The molecule has 2 heterocycles. The fourth-order valence-electron chi connectivity index (χ4n) is 2.66. The molecule has 0 aliphatic carbocycles. The number of aromatic nitrogens is 3. The van der Waals surface area contributed by atoms with E-state index in [-0.39, 0.29) is 17.8 Å². The minimum atomic E-state index is -0.276. The minimum Gasteiger partial charge on any atom is -0.383 e. The van der Waals surface area contributed by atoms with Crippen molar-refractivity contribution >= 4 is 11.7 Å². The second-order valence-electron chi connectivity index (χ2n) is 6.43. The second kappa shape index (κ2) is 8.46. The van der Waals surface area contributed by atoms with Crippen molar-refractivity contribution in [2.45, 2.75) is 19.6 Å². The molecule has 0 fully saturated rings. The van der Waals surface area contributed by atoms with Crippen molar-refractivity contribution in [3.63, 3.8) is 0 Å². The first-order chi connectivity index (χ1) is 13.0. The van der Waals surface area contributed by atoms with Gasteiger partial charge in [-0.1, -0.05) is 30.3 Å². The standard InChI is InChI=1S/C20H23N5O2/c1-14(12-27-13-15-6-4-3-5-7-15)24-20(26)18-8-16(9-22-19(18)21)17-10-23-25(2)11-17/h3-11,14H,12-13H2,1-2H3,(H2,21,22)(H,24,26)/t14-/m1/s1. The van der Waals surface area contributed by atoms with Gasteiger partial charge in [0.1, 0.15) is 5.82 Å². The topological polar surface area (TPSA) is 95.1 Å². The van der Waals surface area contributed by atoms with Crippen molar-refractivity contribution in [3.8, 4) is 11.1 Å². The van der Waals surface area contributed by atoms with Crippen LogP contribution in [0.2, 0.25) is 0 Å². The summed E-state index contributed by atoms with van der Waals surface area (Å²) in [6, 6.07) is 11.5. The second-order valence-corrected chi connectivity index (χ2v) is 6.43. The van der Waals surface area contributed by atoms with Gasteiger partial charge in [-0.05, 0) is 18.6 Å². The molecule has 1 aromatic carbocycles. The number of amides is 1. The highest BCUT2D eigenvalue weighted by Gasteiger charge is 2.15. The van der Waals surface area contributed by atoms with Crippen LogP contribution in [0.25, 0.3) is 11.1 Å². The molecule has 0 bridgehead atoms. The smallest absolute Gasteiger partial charge is 0.255 e. The van der Waals surface area contributed by atoms with E-state index in [1.54, 1.807) is 23.1 Å². The van der Waals surface area contributed by atoms with Crippen LogP contribution in [-0.2, 0) is 18.4 Å². The van der Waals surface area contributed by atoms with Gasteiger partial charge in [-0.2, -0.15) is 5.10 Å². The highest BCUT2D eigenvalue weighted by Crippen LogP contribution is 2.21. The average Bonchev–Trinajstić information content (AvgIpc) is 3.09. The van der Waals surface area contributed by atoms with E-state index in [2.05, 4.69) is 15.4 Å². The SMILES string of the molecule is C[C@H](COCc1ccccc1)NC(=O)c1cc(-c2cnn(C)c2)cnc1N. The van der Waals surface area contributed by atoms with E-state index in [9.17, 15) is 4.79 Å². The number of nitrogens with two attached hydrogens (primary N) is 1. The molecule has 3 aromatic rings. The maximum absolute atomic E-state index is 12.6. The first-order valence-corrected chi connectivity index (χ1v) is 8.70. The Balaban J connectivity index is 1.59. The third-order valence-electron chi connectivity index (χ3n) is 4.06. The highest BCUT2D eigenvalue weighted by molar-refractivity contribution is 5.99. The quantitative estimate of drug-likeness (QED) is 0.670. The molecule has 0 aliphatic rings. The van der Waals surface area contributed by atoms with Gasteiger partial charge in [0.2, 0.25) is 0 Å². The molecule has 1 amide bonds. The molecule has 27 heavy (non-hydrogen) atoms. The van der Waals surface area contributed by atoms with Crippen molar-refractivity contribution < 1.29 is 9.53 Å². The summed E-state index contributed by atoms with van der Waals surface area (Å²) >= 11 is 0. The maximum atomic E-state index is 12.6. The Hall–Kier alpha value is -3.19. The number of carbonyl (C=O) groups is 1. The van der Waals surface area contributed by atoms with Crippen LogP contribution < -0.4 is 11.1 Å². The molecule has 3 rings (SSSR count). The van der Waals surface area contributed by atoms with Gasteiger partial charge in [0.25, 0.3) is 5.91 Å². The third-order valence-corrected chi connectivity index (χ3v) is 4.06. The number of carbonyl (C=O) groups excluding carboxylic acids is 1. The minimum absolute atomic E-state index is 0.164. The number of ether oxygens (including phenoxy) is 1. The van der Waals surface area contributed by atoms with Crippen molar-refractivity contribution in [2.24, 2.45) is 7.05 Å². The molecule has 3 N–H and O–H groups in total. The number of rotatable bonds is 7. The maximum Gasteiger partial charge on any atom is 0.255 e. The molecule has 0 saturated heterocycles. The van der Waals surface area contributed by atoms with E-state index in [0.29, 0.717) is 18.8 Å². The zero-order valence-electron chi connectivity index (χ0n) is 15.4. The van der Waals surface area contributed by atoms with Crippen LogP contribution in [0, 0.1) is 0 Å². The van der Waals surface area contributed by atoms with Gasteiger partial charge in [0.15, 0.2) is 0 Å². The normalized spacial score (nSPS) is 11.9. The zero-order chi connectivity index (χ0) is 19.2. The Labute approximate surface area is 158 Å². The van der Waals surface area contributed by atoms with Gasteiger partial charge in [0, 0.05) is 36.6 Å². The van der Waals surface area contributed by atoms with Crippen LogP contribution in [-0.4, -0.2) is 33.3 Å². The number of anilines is 1. The summed E-state index contributed by atoms with van der Waals surface area (Å²) in [4.78, 5) is 16.7. The van der Waals surface area contributed by atoms with Gasteiger partial charge in [-0.15, -0.1) is 0 Å². The molecule has 140 valence electrons. The van der Waals surface area contributed by atoms with Gasteiger partial charge < -0.3 is 15.8 Å². The van der Waals surface area contributed by atoms with Crippen molar-refractivity contribution in [1.82, 2.24) is 20.1 Å². The van der Waals surface area contributed by atoms with Gasteiger partial charge >= 0.3 is 0 Å². The molecular formula is C20H23N5O2. The van der Waals surface area contributed by atoms with E-state index in [0.717, 1.165) is 16.7 Å². The van der Waals surface area contributed by atoms with E-state index < -0.39 is 0 Å². The predicted molar refractivity (Wildman–Crippen MR) is 104 cm³/mol. The number of benzene rings is 1. The number of nitrogen functional groups attached to an aromatic ring is 1. The number of aryl methyl sites for hydroxylation is 1. The monoisotopic (exact) mass is 365 g/mol. The van der Waals surface area contributed by atoms with E-state index in [1.807, 2.05) is 50.5 Å². The van der Waals surface area contributed by atoms with E-state index in [1.165, 1.54) is 0 Å². The number of hydrogen-bond donors (Lipinski definition) is 2. The van der Waals surface area contributed by atoms with E-state index in [4.69, 9.17) is 10.5 Å². The third kappa shape index (κ3) is 4.92. The van der Waals surface area contributed by atoms with Crippen LogP contribution in [0.15, 0.2) is 55.0 Å².